The molecule has 7 N–H and O–H groups in total. The molecule has 2 rings (SSSR count). The highest BCUT2D eigenvalue weighted by molar-refractivity contribution is 8.01. The molecule has 2 unspecified atom stereocenters. The molecular formula is C26H42N2O11S. The predicted molar refractivity (Wildman–Crippen MR) is 143 cm³/mol. The van der Waals surface area contributed by atoms with Crippen LogP contribution in [-0.4, -0.2) is 110 Å². The number of carboxylic acids is 1. The fourth-order valence-electron chi connectivity index (χ4n) is 5.30. The topological polar surface area (TPSA) is 220 Å². The zero-order valence-corrected chi connectivity index (χ0v) is 23.5. The summed E-state index contributed by atoms with van der Waals surface area (Å²) in [6.45, 7) is 0.780. The number of thioether (sulfide) groups is 1. The number of unbranched alkanes of at least 4 members (excludes halogenated alkanes) is 3. The maximum Gasteiger partial charge on any atom is 0.346 e. The third-order valence-electron chi connectivity index (χ3n) is 7.43. The SMILES string of the molecule is CC(=O)N[C@H]1C([C@H](O)[C@H](O)CO)OC(SCCCCCCNC(=O)[C@@H]2C[C@H](C=O)C[C@H](C=O)C2)(C(=O)O)C[C@@H]1O. The van der Waals surface area contributed by atoms with Crippen LogP contribution in [0.5, 0.6) is 0 Å². The molecule has 1 heterocycles. The van der Waals surface area contributed by atoms with Crippen molar-refractivity contribution in [1.29, 1.82) is 0 Å². The van der Waals surface area contributed by atoms with Gasteiger partial charge in [0, 0.05) is 37.6 Å². The number of carbonyl (C=O) groups excluding carboxylic acids is 4. The number of hydrogen-bond donors (Lipinski definition) is 7. The minimum absolute atomic E-state index is 0.161. The highest BCUT2D eigenvalue weighted by Crippen LogP contribution is 2.41. The van der Waals surface area contributed by atoms with Gasteiger partial charge >= 0.3 is 5.97 Å². The van der Waals surface area contributed by atoms with Crippen LogP contribution < -0.4 is 10.6 Å². The quantitative estimate of drug-likeness (QED) is 0.0848. The molecule has 1 aliphatic carbocycles. The number of amides is 2. The van der Waals surface area contributed by atoms with Gasteiger partial charge in [0.05, 0.1) is 18.8 Å². The molecular weight excluding hydrogens is 548 g/mol. The van der Waals surface area contributed by atoms with E-state index < -0.39 is 53.9 Å². The molecule has 0 spiro atoms. The molecule has 0 aromatic heterocycles. The summed E-state index contributed by atoms with van der Waals surface area (Å²) in [5, 5.41) is 55.5. The van der Waals surface area contributed by atoms with Crippen molar-refractivity contribution in [2.45, 2.75) is 93.7 Å². The van der Waals surface area contributed by atoms with Gasteiger partial charge in [0.1, 0.15) is 30.9 Å². The van der Waals surface area contributed by atoms with Crippen LogP contribution in [0.15, 0.2) is 0 Å². The van der Waals surface area contributed by atoms with Gasteiger partial charge in [0.2, 0.25) is 16.7 Å². The van der Waals surface area contributed by atoms with E-state index in [1.165, 1.54) is 6.92 Å². The molecule has 1 saturated carbocycles. The maximum absolute atomic E-state index is 12.5. The molecule has 2 fully saturated rings. The Morgan fingerprint density at radius 1 is 1.05 bits per heavy atom. The average Bonchev–Trinajstić information content (AvgIpc) is 2.93. The number of aldehydes is 2. The van der Waals surface area contributed by atoms with Crippen LogP contribution in [0.25, 0.3) is 0 Å². The number of carbonyl (C=O) groups is 5. The number of hydrogen-bond acceptors (Lipinski definition) is 11. The van der Waals surface area contributed by atoms with Gasteiger partial charge in [-0.05, 0) is 37.9 Å². The summed E-state index contributed by atoms with van der Waals surface area (Å²) in [7, 11) is 0. The third kappa shape index (κ3) is 9.48. The van der Waals surface area contributed by atoms with Crippen molar-refractivity contribution >= 4 is 42.1 Å². The third-order valence-corrected chi connectivity index (χ3v) is 8.82. The minimum atomic E-state index is -1.94. The van der Waals surface area contributed by atoms with E-state index in [1.54, 1.807) is 0 Å². The van der Waals surface area contributed by atoms with Crippen LogP contribution in [-0.2, 0) is 28.7 Å². The first-order chi connectivity index (χ1) is 19.0. The van der Waals surface area contributed by atoms with Gasteiger partial charge in [-0.3, -0.25) is 9.59 Å². The van der Waals surface area contributed by atoms with E-state index in [-0.39, 0.29) is 30.1 Å². The van der Waals surface area contributed by atoms with Gasteiger partial charge in [-0.1, -0.05) is 12.8 Å². The first-order valence-electron chi connectivity index (χ1n) is 13.6. The number of aliphatic carboxylic acids is 1. The number of ether oxygens (including phenoxy) is 1. The summed E-state index contributed by atoms with van der Waals surface area (Å²) in [6.07, 6.45) is -0.973. The zero-order chi connectivity index (χ0) is 29.9. The van der Waals surface area contributed by atoms with Crippen LogP contribution in [0, 0.1) is 17.8 Å². The fraction of sp³-hybridized carbons (Fsp3) is 0.808. The van der Waals surface area contributed by atoms with E-state index >= 15 is 0 Å². The van der Waals surface area contributed by atoms with E-state index in [9.17, 15) is 49.5 Å². The summed E-state index contributed by atoms with van der Waals surface area (Å²) in [4.78, 5) is 56.6. The van der Waals surface area contributed by atoms with Gasteiger partial charge < -0.3 is 50.5 Å². The molecule has 2 amide bonds. The number of rotatable bonds is 16. The smallest absolute Gasteiger partial charge is 0.346 e. The van der Waals surface area contributed by atoms with E-state index in [1.807, 2.05) is 0 Å². The highest BCUT2D eigenvalue weighted by atomic mass is 32.2. The average molecular weight is 591 g/mol. The van der Waals surface area contributed by atoms with E-state index in [4.69, 9.17) is 4.74 Å². The summed E-state index contributed by atoms with van der Waals surface area (Å²) >= 11 is 0.934. The lowest BCUT2D eigenvalue weighted by Gasteiger charge is -2.46. The van der Waals surface area contributed by atoms with Crippen LogP contribution in [0.2, 0.25) is 0 Å². The Labute approximate surface area is 237 Å². The summed E-state index contributed by atoms with van der Waals surface area (Å²) in [5.41, 5.74) is 0. The summed E-state index contributed by atoms with van der Waals surface area (Å²) < 4.78 is 5.74. The normalized spacial score (nSPS) is 31.9. The minimum Gasteiger partial charge on any atom is -0.478 e. The van der Waals surface area contributed by atoms with Gasteiger partial charge in [0.25, 0.3) is 0 Å². The molecule has 13 nitrogen and oxygen atoms in total. The number of nitrogens with one attached hydrogen (secondary N) is 2. The van der Waals surface area contributed by atoms with Gasteiger partial charge in [-0.15, -0.1) is 11.8 Å². The molecule has 1 aliphatic heterocycles. The second-order valence-electron chi connectivity index (χ2n) is 10.6. The van der Waals surface area contributed by atoms with E-state index in [0.717, 1.165) is 37.2 Å². The molecule has 40 heavy (non-hydrogen) atoms. The number of aliphatic hydroxyl groups is 4. The van der Waals surface area contributed by atoms with Crippen molar-refractivity contribution in [3.63, 3.8) is 0 Å². The van der Waals surface area contributed by atoms with Crippen molar-refractivity contribution in [3.8, 4) is 0 Å². The molecule has 0 aromatic rings. The second kappa shape index (κ2) is 16.4. The maximum atomic E-state index is 12.5. The lowest BCUT2D eigenvalue weighted by Crippen LogP contribution is -2.66. The van der Waals surface area contributed by atoms with Crippen molar-refractivity contribution in [3.05, 3.63) is 0 Å². The molecule has 9 atom stereocenters. The standard InChI is InChI=1S/C26H42N2O11S/c1-15(32)28-21-19(33)11-26(25(37)38,39-23(21)22(35)20(34)14-31)40-7-5-3-2-4-6-27-24(36)18-9-16(12-29)8-17(10-18)13-30/h12-13,16-23,31,33-35H,2-11,14H2,1H3,(H,27,36)(H,28,32)(H,37,38)/t16-,17+,18-,19-,20+,21+,22+,23?,26?/m0/s1. The molecule has 1 saturated heterocycles. The van der Waals surface area contributed by atoms with E-state index in [0.29, 0.717) is 44.4 Å². The molecule has 0 bridgehead atoms. The predicted octanol–water partition coefficient (Wildman–Crippen LogP) is -1.02. The monoisotopic (exact) mass is 590 g/mol. The Bertz CT molecular complexity index is 862. The molecule has 2 aliphatic rings. The Kier molecular flexibility index (Phi) is 14.0. The Hall–Kier alpha value is -2.10. The van der Waals surface area contributed by atoms with Gasteiger partial charge in [-0.2, -0.15) is 0 Å². The molecule has 0 aromatic carbocycles. The summed E-state index contributed by atoms with van der Waals surface area (Å²) in [5.74, 6) is -2.68. The molecule has 0 radical (unpaired) electrons. The Morgan fingerprint density at radius 2 is 1.68 bits per heavy atom. The van der Waals surface area contributed by atoms with Crippen LogP contribution in [0.1, 0.15) is 58.3 Å². The fourth-order valence-corrected chi connectivity index (χ4v) is 6.56. The largest absolute Gasteiger partial charge is 0.478 e. The molecule has 14 heteroatoms. The number of aliphatic hydroxyl groups excluding tert-OH is 4. The lowest BCUT2D eigenvalue weighted by atomic mass is 9.76. The first kappa shape index (κ1) is 34.1. The highest BCUT2D eigenvalue weighted by Gasteiger charge is 2.54. The number of carboxylic acid groups (broad SMARTS) is 1. The lowest BCUT2D eigenvalue weighted by molar-refractivity contribution is -0.205. The molecule has 228 valence electrons. The Balaban J connectivity index is 1.82. The van der Waals surface area contributed by atoms with Crippen molar-refractivity contribution in [1.82, 2.24) is 10.6 Å². The van der Waals surface area contributed by atoms with Crippen molar-refractivity contribution in [2.75, 3.05) is 18.9 Å². The second-order valence-corrected chi connectivity index (χ2v) is 12.0. The van der Waals surface area contributed by atoms with E-state index in [2.05, 4.69) is 10.6 Å². The van der Waals surface area contributed by atoms with Crippen LogP contribution in [0.4, 0.5) is 0 Å². The van der Waals surface area contributed by atoms with Crippen molar-refractivity contribution < 1.29 is 54.2 Å². The van der Waals surface area contributed by atoms with Crippen LogP contribution >= 0.6 is 11.8 Å². The van der Waals surface area contributed by atoms with Crippen molar-refractivity contribution in [2.24, 2.45) is 17.8 Å². The summed E-state index contributed by atoms with van der Waals surface area (Å²) in [6, 6.07) is -1.20. The Morgan fingerprint density at radius 3 is 2.23 bits per heavy atom. The zero-order valence-electron chi connectivity index (χ0n) is 22.6. The van der Waals surface area contributed by atoms with Crippen LogP contribution in [0.3, 0.4) is 0 Å². The first-order valence-corrected chi connectivity index (χ1v) is 14.6. The van der Waals surface area contributed by atoms with Gasteiger partial charge in [0.15, 0.2) is 0 Å². The van der Waals surface area contributed by atoms with Gasteiger partial charge in [-0.25, -0.2) is 4.79 Å².